The summed E-state index contributed by atoms with van der Waals surface area (Å²) in [6, 6.07) is 11.6. The van der Waals surface area contributed by atoms with E-state index in [0.717, 1.165) is 14.4 Å². The molecule has 10 heteroatoms. The molecule has 168 valence electrons. The highest BCUT2D eigenvalue weighted by molar-refractivity contribution is 7.89. The normalized spacial score (nSPS) is 14.1. The van der Waals surface area contributed by atoms with E-state index in [4.69, 9.17) is 0 Å². The van der Waals surface area contributed by atoms with Crippen LogP contribution in [0.3, 0.4) is 0 Å². The Labute approximate surface area is 186 Å². The largest absolute Gasteiger partial charge is 0.528 e. The van der Waals surface area contributed by atoms with E-state index in [-0.39, 0.29) is 17.3 Å². The molecule has 3 amide bonds. The molecule has 0 spiro atoms. The maximum Gasteiger partial charge on any atom is 0.528 e. The Morgan fingerprint density at radius 3 is 2.19 bits per heavy atom. The molecule has 0 unspecified atom stereocenters. The fraction of sp³-hybridized carbons (Fsp3) is 0.318. The zero-order valence-corrected chi connectivity index (χ0v) is 19.5. The van der Waals surface area contributed by atoms with Crippen LogP contribution < -0.4 is 24.8 Å². The van der Waals surface area contributed by atoms with Crippen LogP contribution in [-0.4, -0.2) is 64.7 Å². The first-order valence-electron chi connectivity index (χ1n) is 10.0. The van der Waals surface area contributed by atoms with Crippen LogP contribution in [-0.2, 0) is 24.4 Å². The molecule has 0 atom stereocenters. The van der Waals surface area contributed by atoms with Crippen molar-refractivity contribution in [2.75, 3.05) is 39.1 Å². The third-order valence-corrected chi connectivity index (χ3v) is 7.26. The zero-order valence-electron chi connectivity index (χ0n) is 18.7. The first-order chi connectivity index (χ1) is 15.0. The first kappa shape index (κ1) is 23.4. The summed E-state index contributed by atoms with van der Waals surface area (Å²) in [6.07, 6.45) is 0. The van der Waals surface area contributed by atoms with E-state index >= 15 is 0 Å². The number of nitrogens with zero attached hydrogens (tertiary/aromatic N) is 4. The highest BCUT2D eigenvalue weighted by atomic mass is 32.2. The minimum absolute atomic E-state index is 0.0763. The molecule has 0 bridgehead atoms. The first-order valence-corrected chi connectivity index (χ1v) is 11.5. The number of sulfonamides is 1. The molecule has 0 radical (unpaired) electrons. The van der Waals surface area contributed by atoms with Gasteiger partial charge in [0.2, 0.25) is 15.9 Å². The van der Waals surface area contributed by atoms with E-state index < -0.39 is 21.8 Å². The predicted molar refractivity (Wildman–Crippen MR) is 119 cm³/mol. The van der Waals surface area contributed by atoms with E-state index in [9.17, 15) is 22.8 Å². The summed E-state index contributed by atoms with van der Waals surface area (Å²) in [5.41, 5.74) is 1.69. The van der Waals surface area contributed by atoms with Gasteiger partial charge in [0.15, 0.2) is 0 Å². The van der Waals surface area contributed by atoms with Crippen molar-refractivity contribution in [2.24, 2.45) is 0 Å². The summed E-state index contributed by atoms with van der Waals surface area (Å²) in [6.45, 7) is 3.78. The van der Waals surface area contributed by atoms with Crippen LogP contribution in [0.1, 0.15) is 12.5 Å². The summed E-state index contributed by atoms with van der Waals surface area (Å²) >= 11 is 0. The number of anilines is 1. The standard InChI is InChI=1S/C22H26N4O5S/c1-6-26(16-9-7-8-15(2)12-16)20(27)14-23(3)32(30,31)17-10-11-18-19(13-17)25(5)22(29)21(28)24(18)4/h7-13H,6,14H2,1-5H3/q+2. The van der Waals surface area contributed by atoms with Gasteiger partial charge in [0.05, 0.1) is 11.4 Å². The van der Waals surface area contributed by atoms with Gasteiger partial charge < -0.3 is 4.90 Å². The number of aryl methyl sites for hydroxylation is 1. The minimum atomic E-state index is -4.03. The molecule has 1 heterocycles. The minimum Gasteiger partial charge on any atom is -0.312 e. The molecule has 9 nitrogen and oxygen atoms in total. The van der Waals surface area contributed by atoms with Crippen LogP contribution in [0.15, 0.2) is 47.4 Å². The van der Waals surface area contributed by atoms with Crippen molar-refractivity contribution in [3.63, 3.8) is 0 Å². The Kier molecular flexibility index (Phi) is 6.38. The number of amides is 3. The van der Waals surface area contributed by atoms with Crippen molar-refractivity contribution in [1.29, 1.82) is 0 Å². The number of carbonyl (C=O) groups excluding carboxylic acids is 3. The molecule has 0 saturated heterocycles. The molecular weight excluding hydrogens is 432 g/mol. The van der Waals surface area contributed by atoms with Gasteiger partial charge in [0.1, 0.15) is 14.1 Å². The zero-order chi connectivity index (χ0) is 23.8. The van der Waals surface area contributed by atoms with Gasteiger partial charge in [0, 0.05) is 31.4 Å². The SMILES string of the molecule is CCN(C(=O)CN(C)S(=O)(=O)c1ccc2c(c1)=[N+](C)C(=O)C(=O)[N+]=2C)c1cccc(C)c1. The summed E-state index contributed by atoms with van der Waals surface area (Å²) in [4.78, 5) is 38.5. The summed E-state index contributed by atoms with van der Waals surface area (Å²) in [5.74, 6) is -1.82. The number of hydrogen-bond donors (Lipinski definition) is 0. The molecule has 0 aliphatic carbocycles. The predicted octanol–water partition coefficient (Wildman–Crippen LogP) is -1.02. The average Bonchev–Trinajstić information content (AvgIpc) is 2.76. The monoisotopic (exact) mass is 458 g/mol. The molecule has 3 rings (SSSR count). The van der Waals surface area contributed by atoms with Gasteiger partial charge in [-0.3, -0.25) is 4.79 Å². The second-order valence-electron chi connectivity index (χ2n) is 7.62. The van der Waals surface area contributed by atoms with Crippen molar-refractivity contribution in [3.05, 3.63) is 58.7 Å². The quantitative estimate of drug-likeness (QED) is 0.408. The summed E-state index contributed by atoms with van der Waals surface area (Å²) < 4.78 is 29.6. The number of benzene rings is 2. The van der Waals surface area contributed by atoms with Crippen molar-refractivity contribution in [2.45, 2.75) is 18.7 Å². The maximum atomic E-state index is 13.2. The van der Waals surface area contributed by atoms with Crippen molar-refractivity contribution >= 4 is 33.4 Å². The lowest BCUT2D eigenvalue weighted by molar-refractivity contribution is -0.141. The highest BCUT2D eigenvalue weighted by Crippen LogP contribution is 2.17. The van der Waals surface area contributed by atoms with Gasteiger partial charge in [-0.2, -0.15) is 4.31 Å². The fourth-order valence-electron chi connectivity index (χ4n) is 3.56. The Hall–Kier alpha value is -3.24. The summed E-state index contributed by atoms with van der Waals surface area (Å²) in [7, 11) is 0.175. The van der Waals surface area contributed by atoms with Gasteiger partial charge in [-0.25, -0.2) is 18.0 Å². The molecule has 1 aliphatic heterocycles. The van der Waals surface area contributed by atoms with Crippen LogP contribution in [0.5, 0.6) is 0 Å². The van der Waals surface area contributed by atoms with Crippen molar-refractivity contribution in [1.82, 2.24) is 13.5 Å². The molecule has 0 saturated carbocycles. The van der Waals surface area contributed by atoms with E-state index in [1.54, 1.807) is 6.07 Å². The van der Waals surface area contributed by atoms with Crippen LogP contribution in [0.4, 0.5) is 5.69 Å². The number of likely N-dealkylation sites (N-methyl/N-ethyl adjacent to an activating group) is 4. The van der Waals surface area contributed by atoms with Gasteiger partial charge >= 0.3 is 11.8 Å². The van der Waals surface area contributed by atoms with Gasteiger partial charge in [-0.1, -0.05) is 12.1 Å². The Morgan fingerprint density at radius 2 is 1.59 bits per heavy atom. The van der Waals surface area contributed by atoms with E-state index in [1.165, 1.54) is 48.8 Å². The van der Waals surface area contributed by atoms with Gasteiger partial charge in [-0.15, -0.1) is 9.15 Å². The molecule has 0 fully saturated rings. The van der Waals surface area contributed by atoms with Crippen molar-refractivity contribution < 1.29 is 22.8 Å². The number of fused-ring (bicyclic) bond motifs is 1. The smallest absolute Gasteiger partial charge is 0.312 e. The second-order valence-corrected chi connectivity index (χ2v) is 9.66. The Balaban J connectivity index is 1.95. The number of hydrogen-bond acceptors (Lipinski definition) is 5. The third kappa shape index (κ3) is 4.11. The van der Waals surface area contributed by atoms with E-state index in [2.05, 4.69) is 0 Å². The van der Waals surface area contributed by atoms with E-state index in [1.807, 2.05) is 32.0 Å². The molecule has 2 aromatic carbocycles. The van der Waals surface area contributed by atoms with Crippen LogP contribution in [0, 0.1) is 6.92 Å². The molecule has 2 aromatic rings. The summed E-state index contributed by atoms with van der Waals surface area (Å²) in [5, 5.41) is 0.722. The van der Waals surface area contributed by atoms with Crippen LogP contribution >= 0.6 is 0 Å². The number of rotatable bonds is 6. The topological polar surface area (TPSA) is 97.9 Å². The van der Waals surface area contributed by atoms with Crippen LogP contribution in [0.25, 0.3) is 0 Å². The maximum absolute atomic E-state index is 13.2. The lowest BCUT2D eigenvalue weighted by Gasteiger charge is -2.24. The molecular formula is C22H26N4O5S+2. The highest BCUT2D eigenvalue weighted by Gasteiger charge is 2.39. The lowest BCUT2D eigenvalue weighted by Crippen LogP contribution is -2.58. The molecule has 1 aliphatic rings. The van der Waals surface area contributed by atoms with Gasteiger partial charge in [0.25, 0.3) is 10.7 Å². The Bertz CT molecular complexity index is 1360. The second kappa shape index (κ2) is 8.71. The third-order valence-electron chi connectivity index (χ3n) is 5.46. The molecule has 32 heavy (non-hydrogen) atoms. The average molecular weight is 459 g/mol. The van der Waals surface area contributed by atoms with Gasteiger partial charge in [-0.05, 0) is 37.6 Å². The Morgan fingerprint density at radius 1 is 0.969 bits per heavy atom. The molecule has 0 N–H and O–H groups in total. The lowest BCUT2D eigenvalue weighted by atomic mass is 10.2. The number of carbonyl (C=O) groups is 3. The van der Waals surface area contributed by atoms with E-state index in [0.29, 0.717) is 22.9 Å². The van der Waals surface area contributed by atoms with Crippen LogP contribution in [0.2, 0.25) is 0 Å². The van der Waals surface area contributed by atoms with Crippen molar-refractivity contribution in [3.8, 4) is 0 Å². The molecule has 0 aromatic heterocycles. The fourth-order valence-corrected chi connectivity index (χ4v) is 4.70.